The summed E-state index contributed by atoms with van der Waals surface area (Å²) in [7, 11) is 4.02. The average molecular weight is 376 g/mol. The van der Waals surface area contributed by atoms with Gasteiger partial charge in [0, 0.05) is 37.2 Å². The van der Waals surface area contributed by atoms with Crippen LogP contribution in [-0.4, -0.2) is 67.9 Å². The molecule has 0 bridgehead atoms. The number of hydrogen-bond acceptors (Lipinski definition) is 5. The van der Waals surface area contributed by atoms with Crippen molar-refractivity contribution in [3.05, 3.63) is 41.9 Å². The third-order valence-electron chi connectivity index (χ3n) is 4.34. The van der Waals surface area contributed by atoms with Gasteiger partial charge in [-0.25, -0.2) is 9.18 Å². The highest BCUT2D eigenvalue weighted by atomic mass is 19.1. The molecule has 1 unspecified atom stereocenters. The molecular formula is C19H25FN4O3. The molecule has 1 atom stereocenters. The standard InChI is InChI=1S/C19H25FN4O3/c1-23(2)11-14-12-24(6-7-26-13-14)19(25)21-10-17-9-18(22-27-17)15-4-3-5-16(20)8-15/h3-5,8-9,14H,6-7,10-13H2,1-2H3,(H,21,25). The highest BCUT2D eigenvalue weighted by molar-refractivity contribution is 5.74. The lowest BCUT2D eigenvalue weighted by molar-refractivity contribution is 0.112. The van der Waals surface area contributed by atoms with E-state index in [0.717, 1.165) is 6.54 Å². The topological polar surface area (TPSA) is 70.8 Å². The van der Waals surface area contributed by atoms with Crippen LogP contribution in [0.3, 0.4) is 0 Å². The summed E-state index contributed by atoms with van der Waals surface area (Å²) in [5.41, 5.74) is 1.17. The molecular weight excluding hydrogens is 351 g/mol. The van der Waals surface area contributed by atoms with Gasteiger partial charge >= 0.3 is 6.03 Å². The van der Waals surface area contributed by atoms with Gasteiger partial charge in [0.2, 0.25) is 0 Å². The van der Waals surface area contributed by atoms with Crippen LogP contribution in [0.25, 0.3) is 11.3 Å². The molecule has 2 heterocycles. The summed E-state index contributed by atoms with van der Waals surface area (Å²) in [5.74, 6) is 0.456. The SMILES string of the molecule is CN(C)CC1COCCN(C(=O)NCc2cc(-c3cccc(F)c3)no2)C1. The van der Waals surface area contributed by atoms with Gasteiger partial charge in [0.05, 0.1) is 19.8 Å². The zero-order valence-corrected chi connectivity index (χ0v) is 15.7. The van der Waals surface area contributed by atoms with Gasteiger partial charge in [-0.1, -0.05) is 17.3 Å². The number of benzene rings is 1. The van der Waals surface area contributed by atoms with Crippen molar-refractivity contribution < 1.29 is 18.4 Å². The van der Waals surface area contributed by atoms with Gasteiger partial charge in [-0.05, 0) is 26.2 Å². The van der Waals surface area contributed by atoms with Crippen molar-refractivity contribution in [1.29, 1.82) is 0 Å². The van der Waals surface area contributed by atoms with Gasteiger partial charge in [-0.15, -0.1) is 0 Å². The van der Waals surface area contributed by atoms with Crippen LogP contribution >= 0.6 is 0 Å². The number of urea groups is 1. The highest BCUT2D eigenvalue weighted by Crippen LogP contribution is 2.20. The molecule has 1 aliphatic rings. The maximum atomic E-state index is 13.3. The molecule has 0 aliphatic carbocycles. The van der Waals surface area contributed by atoms with Gasteiger partial charge in [0.15, 0.2) is 5.76 Å². The van der Waals surface area contributed by atoms with Crippen molar-refractivity contribution in [3.8, 4) is 11.3 Å². The molecule has 2 aromatic rings. The first-order chi connectivity index (χ1) is 13.0. The van der Waals surface area contributed by atoms with Gasteiger partial charge in [-0.2, -0.15) is 0 Å². The zero-order chi connectivity index (χ0) is 19.2. The highest BCUT2D eigenvalue weighted by Gasteiger charge is 2.23. The Morgan fingerprint density at radius 2 is 2.26 bits per heavy atom. The van der Waals surface area contributed by atoms with Gasteiger partial charge in [-0.3, -0.25) is 0 Å². The van der Waals surface area contributed by atoms with Crippen molar-refractivity contribution >= 4 is 6.03 Å². The third kappa shape index (κ3) is 5.51. The van der Waals surface area contributed by atoms with E-state index in [-0.39, 0.29) is 24.3 Å². The number of amides is 2. The van der Waals surface area contributed by atoms with E-state index < -0.39 is 0 Å². The molecule has 0 spiro atoms. The molecule has 1 fully saturated rings. The monoisotopic (exact) mass is 376 g/mol. The van der Waals surface area contributed by atoms with Crippen LogP contribution < -0.4 is 5.32 Å². The quantitative estimate of drug-likeness (QED) is 0.866. The first-order valence-electron chi connectivity index (χ1n) is 8.98. The molecule has 3 rings (SSSR count). The number of ether oxygens (including phenoxy) is 1. The predicted octanol–water partition coefficient (Wildman–Crippen LogP) is 2.20. The van der Waals surface area contributed by atoms with Crippen molar-refractivity contribution in [2.45, 2.75) is 6.54 Å². The maximum absolute atomic E-state index is 13.3. The van der Waals surface area contributed by atoms with Crippen LogP contribution in [0, 0.1) is 11.7 Å². The van der Waals surface area contributed by atoms with E-state index >= 15 is 0 Å². The zero-order valence-electron chi connectivity index (χ0n) is 15.7. The van der Waals surface area contributed by atoms with E-state index in [1.165, 1.54) is 12.1 Å². The molecule has 27 heavy (non-hydrogen) atoms. The van der Waals surface area contributed by atoms with Crippen LogP contribution in [-0.2, 0) is 11.3 Å². The fourth-order valence-corrected chi connectivity index (χ4v) is 3.15. The Kier molecular flexibility index (Phi) is 6.41. The van der Waals surface area contributed by atoms with Crippen molar-refractivity contribution in [2.75, 3.05) is 46.9 Å². The maximum Gasteiger partial charge on any atom is 0.317 e. The molecule has 2 amide bonds. The van der Waals surface area contributed by atoms with E-state index in [1.54, 1.807) is 23.1 Å². The summed E-state index contributed by atoms with van der Waals surface area (Å²) < 4.78 is 24.2. The molecule has 1 saturated heterocycles. The molecule has 7 nitrogen and oxygen atoms in total. The van der Waals surface area contributed by atoms with E-state index in [1.807, 2.05) is 14.1 Å². The first-order valence-corrected chi connectivity index (χ1v) is 8.98. The minimum Gasteiger partial charge on any atom is -0.379 e. The summed E-state index contributed by atoms with van der Waals surface area (Å²) in [6, 6.07) is 7.68. The molecule has 1 aliphatic heterocycles. The molecule has 0 saturated carbocycles. The van der Waals surface area contributed by atoms with Crippen LogP contribution in [0.2, 0.25) is 0 Å². The molecule has 8 heteroatoms. The Hall–Kier alpha value is -2.45. The fourth-order valence-electron chi connectivity index (χ4n) is 3.15. The Bertz CT molecular complexity index is 765. The van der Waals surface area contributed by atoms with Gasteiger partial charge in [0.1, 0.15) is 11.5 Å². The number of aromatic nitrogens is 1. The second-order valence-electron chi connectivity index (χ2n) is 7.00. The summed E-state index contributed by atoms with van der Waals surface area (Å²) in [6.07, 6.45) is 0. The van der Waals surface area contributed by atoms with Crippen molar-refractivity contribution in [3.63, 3.8) is 0 Å². The number of nitrogens with zero attached hydrogens (tertiary/aromatic N) is 3. The molecule has 1 N–H and O–H groups in total. The molecule has 146 valence electrons. The Morgan fingerprint density at radius 1 is 1.41 bits per heavy atom. The fraction of sp³-hybridized carbons (Fsp3) is 0.474. The number of rotatable bonds is 5. The minimum atomic E-state index is -0.332. The van der Waals surface area contributed by atoms with Crippen molar-refractivity contribution in [2.24, 2.45) is 5.92 Å². The van der Waals surface area contributed by atoms with E-state index in [4.69, 9.17) is 9.26 Å². The Balaban J connectivity index is 1.55. The van der Waals surface area contributed by atoms with Gasteiger partial charge in [0.25, 0.3) is 0 Å². The van der Waals surface area contributed by atoms with Crippen LogP contribution in [0.1, 0.15) is 5.76 Å². The lowest BCUT2D eigenvalue weighted by atomic mass is 10.1. The van der Waals surface area contributed by atoms with Gasteiger partial charge < -0.3 is 24.4 Å². The number of carbonyl (C=O) groups is 1. The summed E-state index contributed by atoms with van der Waals surface area (Å²) in [5, 5.41) is 6.80. The second-order valence-corrected chi connectivity index (χ2v) is 7.00. The normalized spacial score (nSPS) is 17.8. The lowest BCUT2D eigenvalue weighted by Crippen LogP contribution is -2.44. The Morgan fingerprint density at radius 3 is 3.04 bits per heavy atom. The van der Waals surface area contributed by atoms with E-state index in [2.05, 4.69) is 15.4 Å². The minimum absolute atomic E-state index is 0.159. The van der Waals surface area contributed by atoms with Crippen LogP contribution in [0.5, 0.6) is 0 Å². The van der Waals surface area contributed by atoms with Crippen molar-refractivity contribution in [1.82, 2.24) is 20.3 Å². The van der Waals surface area contributed by atoms with Crippen LogP contribution in [0.15, 0.2) is 34.9 Å². The predicted molar refractivity (Wildman–Crippen MR) is 98.6 cm³/mol. The third-order valence-corrected chi connectivity index (χ3v) is 4.34. The molecule has 1 aromatic heterocycles. The van der Waals surface area contributed by atoms with E-state index in [0.29, 0.717) is 43.3 Å². The number of carbonyl (C=O) groups excluding carboxylic acids is 1. The second kappa shape index (κ2) is 8.96. The summed E-state index contributed by atoms with van der Waals surface area (Å²) in [6.45, 7) is 3.47. The average Bonchev–Trinajstić information content (AvgIpc) is 2.99. The van der Waals surface area contributed by atoms with E-state index in [9.17, 15) is 9.18 Å². The summed E-state index contributed by atoms with van der Waals surface area (Å²) >= 11 is 0. The number of halogens is 1. The lowest BCUT2D eigenvalue weighted by Gasteiger charge is -2.25. The Labute approximate surface area is 158 Å². The summed E-state index contributed by atoms with van der Waals surface area (Å²) in [4.78, 5) is 16.4. The molecule has 1 aromatic carbocycles. The number of hydrogen-bond donors (Lipinski definition) is 1. The smallest absolute Gasteiger partial charge is 0.317 e. The first kappa shape index (κ1) is 19.3. The largest absolute Gasteiger partial charge is 0.379 e. The van der Waals surface area contributed by atoms with Crippen LogP contribution in [0.4, 0.5) is 9.18 Å². The number of nitrogens with one attached hydrogen (secondary N) is 1. The molecule has 0 radical (unpaired) electrons.